The minimum absolute atomic E-state index is 0.0664. The molecule has 0 saturated carbocycles. The number of methoxy groups -OCH3 is 1. The highest BCUT2D eigenvalue weighted by Gasteiger charge is 2.34. The van der Waals surface area contributed by atoms with Gasteiger partial charge in [-0.05, 0) is 29.5 Å². The Hall–Kier alpha value is -1.26. The molecule has 19 heavy (non-hydrogen) atoms. The van der Waals surface area contributed by atoms with Crippen LogP contribution in [0.4, 0.5) is 13.2 Å². The van der Waals surface area contributed by atoms with E-state index in [9.17, 15) is 18.0 Å². The lowest BCUT2D eigenvalue weighted by molar-refractivity contribution is -0.276. The van der Waals surface area contributed by atoms with Gasteiger partial charge < -0.3 is 14.2 Å². The Kier molecular flexibility index (Phi) is 5.20. The van der Waals surface area contributed by atoms with Crippen LogP contribution in [0.5, 0.6) is 11.6 Å². The lowest BCUT2D eigenvalue weighted by atomic mass is 10.2. The molecular formula is C10H9F3INO4. The highest BCUT2D eigenvalue weighted by atomic mass is 127. The number of carbonyl (C=O) groups is 1. The zero-order chi connectivity index (χ0) is 14.6. The van der Waals surface area contributed by atoms with E-state index in [0.29, 0.717) is 0 Å². The van der Waals surface area contributed by atoms with Crippen LogP contribution >= 0.6 is 22.6 Å². The van der Waals surface area contributed by atoms with Crippen molar-refractivity contribution in [3.8, 4) is 11.6 Å². The van der Waals surface area contributed by atoms with Crippen LogP contribution in [0.3, 0.4) is 0 Å². The topological polar surface area (TPSA) is 57.7 Å². The van der Waals surface area contributed by atoms with E-state index in [1.54, 1.807) is 29.5 Å². The molecule has 1 aromatic heterocycles. The highest BCUT2D eigenvalue weighted by molar-refractivity contribution is 14.1. The second-order valence-corrected chi connectivity index (χ2v) is 4.17. The van der Waals surface area contributed by atoms with Gasteiger partial charge in [0, 0.05) is 6.20 Å². The fourth-order valence-corrected chi connectivity index (χ4v) is 1.95. The summed E-state index contributed by atoms with van der Waals surface area (Å²) < 4.78 is 49.7. The lowest BCUT2D eigenvalue weighted by Crippen LogP contribution is -2.19. The molecule has 0 fully saturated rings. The molecule has 1 heterocycles. The maximum absolute atomic E-state index is 12.1. The number of esters is 1. The van der Waals surface area contributed by atoms with Gasteiger partial charge in [0.25, 0.3) is 0 Å². The van der Waals surface area contributed by atoms with E-state index in [0.717, 1.165) is 6.20 Å². The van der Waals surface area contributed by atoms with Crippen LogP contribution in [0, 0.1) is 3.57 Å². The van der Waals surface area contributed by atoms with Crippen molar-refractivity contribution in [3.05, 3.63) is 15.3 Å². The van der Waals surface area contributed by atoms with Crippen molar-refractivity contribution in [2.24, 2.45) is 0 Å². The predicted octanol–water partition coefficient (Wildman–Crippen LogP) is 2.77. The third kappa shape index (κ3) is 4.11. The van der Waals surface area contributed by atoms with E-state index < -0.39 is 18.2 Å². The summed E-state index contributed by atoms with van der Waals surface area (Å²) in [5, 5.41) is 0. The number of alkyl halides is 3. The summed E-state index contributed by atoms with van der Waals surface area (Å²) in [5.74, 6) is -1.49. The molecule has 1 aromatic rings. The van der Waals surface area contributed by atoms with Crippen molar-refractivity contribution < 1.29 is 32.2 Å². The number of hydrogen-bond acceptors (Lipinski definition) is 5. The zero-order valence-electron chi connectivity index (χ0n) is 9.88. The standard InChI is InChI=1S/C10H9F3INO4/c1-3-18-9(16)5-4-15-8(19-10(11,12)13)6(14)7(5)17-2/h4H,3H2,1-2H3. The van der Waals surface area contributed by atoms with Crippen LogP contribution in [0.2, 0.25) is 0 Å². The van der Waals surface area contributed by atoms with E-state index in [1.807, 2.05) is 0 Å². The average Bonchev–Trinajstić information content (AvgIpc) is 2.30. The number of halogens is 4. The number of ether oxygens (including phenoxy) is 3. The Morgan fingerprint density at radius 2 is 2.11 bits per heavy atom. The second kappa shape index (κ2) is 6.26. The van der Waals surface area contributed by atoms with Gasteiger partial charge in [-0.25, -0.2) is 9.78 Å². The van der Waals surface area contributed by atoms with Gasteiger partial charge in [0.15, 0.2) is 5.75 Å². The Labute approximate surface area is 120 Å². The Morgan fingerprint density at radius 1 is 1.47 bits per heavy atom. The summed E-state index contributed by atoms with van der Waals surface area (Å²) in [6.07, 6.45) is -3.95. The lowest BCUT2D eigenvalue weighted by Gasteiger charge is -2.14. The summed E-state index contributed by atoms with van der Waals surface area (Å²) >= 11 is 1.55. The number of carbonyl (C=O) groups excluding carboxylic acids is 1. The molecule has 0 atom stereocenters. The van der Waals surface area contributed by atoms with E-state index in [-0.39, 0.29) is 21.5 Å². The maximum Gasteiger partial charge on any atom is 0.574 e. The molecule has 0 aliphatic carbocycles. The molecule has 0 aromatic carbocycles. The largest absolute Gasteiger partial charge is 0.574 e. The Bertz CT molecular complexity index is 479. The highest BCUT2D eigenvalue weighted by Crippen LogP contribution is 2.34. The fourth-order valence-electron chi connectivity index (χ4n) is 1.19. The number of rotatable bonds is 4. The van der Waals surface area contributed by atoms with Crippen LogP contribution in [0.1, 0.15) is 17.3 Å². The van der Waals surface area contributed by atoms with Crippen molar-refractivity contribution in [2.75, 3.05) is 13.7 Å². The van der Waals surface area contributed by atoms with Crippen LogP contribution in [0.15, 0.2) is 6.20 Å². The van der Waals surface area contributed by atoms with Gasteiger partial charge in [-0.2, -0.15) is 0 Å². The fraction of sp³-hybridized carbons (Fsp3) is 0.400. The van der Waals surface area contributed by atoms with Crippen molar-refractivity contribution in [1.29, 1.82) is 0 Å². The molecule has 5 nitrogen and oxygen atoms in total. The van der Waals surface area contributed by atoms with Gasteiger partial charge in [0.1, 0.15) is 9.13 Å². The SMILES string of the molecule is CCOC(=O)c1cnc(OC(F)(F)F)c(I)c1OC. The number of hydrogen-bond donors (Lipinski definition) is 0. The first-order valence-electron chi connectivity index (χ1n) is 4.95. The molecule has 0 unspecified atom stereocenters. The molecule has 0 N–H and O–H groups in total. The smallest absolute Gasteiger partial charge is 0.494 e. The molecule has 0 aliphatic heterocycles. The normalized spacial score (nSPS) is 11.1. The predicted molar refractivity (Wildman–Crippen MR) is 66.1 cm³/mol. The molecule has 0 radical (unpaired) electrons. The quantitative estimate of drug-likeness (QED) is 0.584. The van der Waals surface area contributed by atoms with Crippen LogP contribution in [-0.4, -0.2) is 31.0 Å². The van der Waals surface area contributed by atoms with E-state index in [4.69, 9.17) is 9.47 Å². The molecule has 9 heteroatoms. The molecule has 0 bridgehead atoms. The molecule has 0 spiro atoms. The van der Waals surface area contributed by atoms with Crippen LogP contribution < -0.4 is 9.47 Å². The molecule has 1 rings (SSSR count). The van der Waals surface area contributed by atoms with Gasteiger partial charge in [0.2, 0.25) is 5.88 Å². The summed E-state index contributed by atoms with van der Waals surface area (Å²) in [5.41, 5.74) is -0.0664. The maximum atomic E-state index is 12.1. The number of aromatic nitrogens is 1. The second-order valence-electron chi connectivity index (χ2n) is 3.09. The summed E-state index contributed by atoms with van der Waals surface area (Å²) in [4.78, 5) is 15.0. The minimum Gasteiger partial charge on any atom is -0.494 e. The monoisotopic (exact) mass is 391 g/mol. The van der Waals surface area contributed by atoms with E-state index in [1.165, 1.54) is 7.11 Å². The molecular weight excluding hydrogens is 382 g/mol. The summed E-state index contributed by atoms with van der Waals surface area (Å²) in [6, 6.07) is 0. The van der Waals surface area contributed by atoms with Crippen molar-refractivity contribution in [2.45, 2.75) is 13.3 Å². The van der Waals surface area contributed by atoms with Gasteiger partial charge in [0.05, 0.1) is 13.7 Å². The molecule has 0 aliphatic rings. The molecule has 0 saturated heterocycles. The van der Waals surface area contributed by atoms with Gasteiger partial charge in [-0.15, -0.1) is 13.2 Å². The zero-order valence-corrected chi connectivity index (χ0v) is 12.0. The Balaban J connectivity index is 3.19. The first-order valence-corrected chi connectivity index (χ1v) is 6.03. The van der Waals surface area contributed by atoms with Crippen LogP contribution in [0.25, 0.3) is 0 Å². The van der Waals surface area contributed by atoms with Crippen molar-refractivity contribution >= 4 is 28.6 Å². The Morgan fingerprint density at radius 3 is 2.58 bits per heavy atom. The number of pyridine rings is 1. The number of nitrogens with zero attached hydrogens (tertiary/aromatic N) is 1. The van der Waals surface area contributed by atoms with Crippen LogP contribution in [-0.2, 0) is 4.74 Å². The molecule has 0 amide bonds. The average molecular weight is 391 g/mol. The first-order chi connectivity index (χ1) is 8.80. The minimum atomic E-state index is -4.87. The third-order valence-electron chi connectivity index (χ3n) is 1.85. The van der Waals surface area contributed by atoms with E-state index in [2.05, 4.69) is 9.72 Å². The van der Waals surface area contributed by atoms with Crippen molar-refractivity contribution in [3.63, 3.8) is 0 Å². The molecule has 106 valence electrons. The third-order valence-corrected chi connectivity index (χ3v) is 2.81. The first kappa shape index (κ1) is 15.8. The van der Waals surface area contributed by atoms with E-state index >= 15 is 0 Å². The van der Waals surface area contributed by atoms with Gasteiger partial charge >= 0.3 is 12.3 Å². The van der Waals surface area contributed by atoms with Crippen molar-refractivity contribution in [1.82, 2.24) is 4.98 Å². The summed E-state index contributed by atoms with van der Waals surface area (Å²) in [6.45, 7) is 1.73. The van der Waals surface area contributed by atoms with Gasteiger partial charge in [-0.3, -0.25) is 0 Å². The van der Waals surface area contributed by atoms with Gasteiger partial charge in [-0.1, -0.05) is 0 Å². The summed E-state index contributed by atoms with van der Waals surface area (Å²) in [7, 11) is 1.22.